The van der Waals surface area contributed by atoms with Gasteiger partial charge in [-0.2, -0.15) is 0 Å². The number of nitrogens with one attached hydrogen (secondary N) is 2. The lowest BCUT2D eigenvalue weighted by Crippen LogP contribution is -2.36. The second-order valence-corrected chi connectivity index (χ2v) is 7.39. The third-order valence-corrected chi connectivity index (χ3v) is 5.37. The number of anilines is 4. The first-order chi connectivity index (χ1) is 14.2. The molecule has 0 bridgehead atoms. The summed E-state index contributed by atoms with van der Waals surface area (Å²) in [6.07, 6.45) is 1.82. The first kappa shape index (κ1) is 17.7. The largest absolute Gasteiger partial charge is 0.378 e. The molecule has 0 aliphatic carbocycles. The van der Waals surface area contributed by atoms with E-state index in [1.165, 1.54) is 0 Å². The summed E-state index contributed by atoms with van der Waals surface area (Å²) in [7, 11) is 0. The number of hydrogen-bond donors (Lipinski definition) is 2. The topological polar surface area (TPSA) is 66.5 Å². The number of benzene rings is 2. The molecule has 146 valence electrons. The minimum atomic E-state index is -0.110. The van der Waals surface area contributed by atoms with Crippen LogP contribution >= 0.6 is 0 Å². The molecule has 2 aromatic carbocycles. The van der Waals surface area contributed by atoms with Crippen LogP contribution in [-0.2, 0) is 4.74 Å². The van der Waals surface area contributed by atoms with Crippen LogP contribution in [0.15, 0.2) is 54.7 Å². The number of pyridine rings is 1. The van der Waals surface area contributed by atoms with E-state index in [0.717, 1.165) is 65.9 Å². The van der Waals surface area contributed by atoms with Crippen LogP contribution in [0.2, 0.25) is 0 Å². The molecule has 0 unspecified atom stereocenters. The third-order valence-electron chi connectivity index (χ3n) is 5.37. The molecule has 2 aliphatic heterocycles. The van der Waals surface area contributed by atoms with Gasteiger partial charge in [-0.15, -0.1) is 0 Å². The first-order valence-electron chi connectivity index (χ1n) is 9.79. The monoisotopic (exact) mass is 386 g/mol. The zero-order valence-corrected chi connectivity index (χ0v) is 16.2. The second kappa shape index (κ2) is 7.22. The van der Waals surface area contributed by atoms with Gasteiger partial charge in [-0.3, -0.25) is 4.79 Å². The summed E-state index contributed by atoms with van der Waals surface area (Å²) in [6, 6.07) is 16.0. The van der Waals surface area contributed by atoms with E-state index in [9.17, 15) is 4.79 Å². The van der Waals surface area contributed by atoms with Gasteiger partial charge in [0, 0.05) is 19.3 Å². The maximum atomic E-state index is 12.9. The standard InChI is InChI=1S/C23H22N4O2/c1-15-2-4-20-21(12-15)26-23(28)18-13-16(3-5-19(18)25-20)17-6-7-24-22(14-17)27-8-10-29-11-9-27/h2-7,12-14,25H,8-11H2,1H3,(H,26,28). The highest BCUT2D eigenvalue weighted by atomic mass is 16.5. The Morgan fingerprint density at radius 2 is 1.69 bits per heavy atom. The number of amides is 1. The number of carbonyl (C=O) groups excluding carboxylic acids is 1. The minimum Gasteiger partial charge on any atom is -0.378 e. The molecule has 0 atom stereocenters. The van der Waals surface area contributed by atoms with Gasteiger partial charge >= 0.3 is 0 Å². The number of aromatic nitrogens is 1. The fraction of sp³-hybridized carbons (Fsp3) is 0.217. The van der Waals surface area contributed by atoms with E-state index in [2.05, 4.69) is 26.6 Å². The van der Waals surface area contributed by atoms with Gasteiger partial charge in [0.05, 0.1) is 35.8 Å². The molecule has 3 aromatic rings. The van der Waals surface area contributed by atoms with Crippen molar-refractivity contribution in [3.8, 4) is 11.1 Å². The Bertz CT molecular complexity index is 1090. The lowest BCUT2D eigenvalue weighted by atomic mass is 10.0. The lowest BCUT2D eigenvalue weighted by Gasteiger charge is -2.28. The van der Waals surface area contributed by atoms with Crippen molar-refractivity contribution in [2.75, 3.05) is 41.8 Å². The summed E-state index contributed by atoms with van der Waals surface area (Å²) >= 11 is 0. The quantitative estimate of drug-likeness (QED) is 0.691. The van der Waals surface area contributed by atoms with Crippen molar-refractivity contribution in [1.82, 2.24) is 4.98 Å². The Balaban J connectivity index is 1.49. The van der Waals surface area contributed by atoms with E-state index in [-0.39, 0.29) is 5.91 Å². The summed E-state index contributed by atoms with van der Waals surface area (Å²) in [4.78, 5) is 19.6. The molecule has 6 heteroatoms. The number of fused-ring (bicyclic) bond motifs is 2. The van der Waals surface area contributed by atoms with Gasteiger partial charge in [0.25, 0.3) is 5.91 Å². The fourth-order valence-corrected chi connectivity index (χ4v) is 3.79. The number of rotatable bonds is 2. The highest BCUT2D eigenvalue weighted by Gasteiger charge is 2.20. The SMILES string of the molecule is Cc1ccc2c(c1)NC(=O)c1cc(-c3ccnc(N4CCOCC4)c3)ccc1N2. The second-order valence-electron chi connectivity index (χ2n) is 7.39. The van der Waals surface area contributed by atoms with Crippen molar-refractivity contribution in [1.29, 1.82) is 0 Å². The van der Waals surface area contributed by atoms with E-state index >= 15 is 0 Å². The number of ether oxygens (including phenoxy) is 1. The predicted octanol–water partition coefficient (Wildman–Crippen LogP) is 4.20. The summed E-state index contributed by atoms with van der Waals surface area (Å²) in [6.45, 7) is 5.13. The van der Waals surface area contributed by atoms with Gasteiger partial charge in [-0.05, 0) is 60.0 Å². The Hall–Kier alpha value is -3.38. The van der Waals surface area contributed by atoms with E-state index in [4.69, 9.17) is 4.74 Å². The Morgan fingerprint density at radius 1 is 0.897 bits per heavy atom. The third kappa shape index (κ3) is 3.43. The van der Waals surface area contributed by atoms with Gasteiger partial charge in [0.15, 0.2) is 0 Å². The molecular formula is C23H22N4O2. The van der Waals surface area contributed by atoms with Crippen molar-refractivity contribution < 1.29 is 9.53 Å². The van der Waals surface area contributed by atoms with Crippen LogP contribution in [0.4, 0.5) is 22.9 Å². The number of nitrogens with zero attached hydrogens (tertiary/aromatic N) is 2. The van der Waals surface area contributed by atoms with Gasteiger partial charge in [0.1, 0.15) is 5.82 Å². The summed E-state index contributed by atoms with van der Waals surface area (Å²) in [5.74, 6) is 0.826. The van der Waals surface area contributed by atoms with E-state index < -0.39 is 0 Å². The van der Waals surface area contributed by atoms with Gasteiger partial charge in [-0.1, -0.05) is 12.1 Å². The molecule has 0 saturated carbocycles. The molecule has 1 fully saturated rings. The molecule has 1 saturated heterocycles. The maximum Gasteiger partial charge on any atom is 0.257 e. The van der Waals surface area contributed by atoms with Crippen LogP contribution < -0.4 is 15.5 Å². The van der Waals surface area contributed by atoms with Crippen molar-refractivity contribution in [3.63, 3.8) is 0 Å². The summed E-state index contributed by atoms with van der Waals surface area (Å²) < 4.78 is 5.44. The molecule has 5 rings (SSSR count). The van der Waals surface area contributed by atoms with Crippen molar-refractivity contribution in [3.05, 3.63) is 65.9 Å². The van der Waals surface area contributed by atoms with Crippen molar-refractivity contribution in [2.24, 2.45) is 0 Å². The van der Waals surface area contributed by atoms with E-state index in [1.54, 1.807) is 0 Å². The smallest absolute Gasteiger partial charge is 0.257 e. The molecule has 1 aromatic heterocycles. The van der Waals surface area contributed by atoms with Crippen LogP contribution in [-0.4, -0.2) is 37.2 Å². The van der Waals surface area contributed by atoms with Gasteiger partial charge in [0.2, 0.25) is 0 Å². The van der Waals surface area contributed by atoms with Gasteiger partial charge in [-0.25, -0.2) is 4.98 Å². The fourth-order valence-electron chi connectivity index (χ4n) is 3.79. The zero-order chi connectivity index (χ0) is 19.8. The average Bonchev–Trinajstić information content (AvgIpc) is 2.89. The van der Waals surface area contributed by atoms with E-state index in [0.29, 0.717) is 5.56 Å². The number of aryl methyl sites for hydroxylation is 1. The Morgan fingerprint density at radius 3 is 2.55 bits per heavy atom. The maximum absolute atomic E-state index is 12.9. The normalized spacial score (nSPS) is 15.6. The minimum absolute atomic E-state index is 0.110. The molecule has 0 radical (unpaired) electrons. The van der Waals surface area contributed by atoms with Crippen molar-refractivity contribution in [2.45, 2.75) is 6.92 Å². The molecular weight excluding hydrogens is 364 g/mol. The predicted molar refractivity (Wildman–Crippen MR) is 115 cm³/mol. The first-order valence-corrected chi connectivity index (χ1v) is 9.79. The summed E-state index contributed by atoms with van der Waals surface area (Å²) in [5, 5.41) is 6.41. The zero-order valence-electron chi connectivity index (χ0n) is 16.2. The highest BCUT2D eigenvalue weighted by molar-refractivity contribution is 6.12. The molecule has 2 N–H and O–H groups in total. The number of morpholine rings is 1. The molecule has 6 nitrogen and oxygen atoms in total. The Kier molecular flexibility index (Phi) is 4.41. The molecule has 1 amide bonds. The Labute approximate surface area is 169 Å². The average molecular weight is 386 g/mol. The molecule has 0 spiro atoms. The highest BCUT2D eigenvalue weighted by Crippen LogP contribution is 2.35. The number of hydrogen-bond acceptors (Lipinski definition) is 5. The van der Waals surface area contributed by atoms with E-state index in [1.807, 2.05) is 55.6 Å². The lowest BCUT2D eigenvalue weighted by molar-refractivity contribution is 0.102. The van der Waals surface area contributed by atoms with Gasteiger partial charge < -0.3 is 20.3 Å². The molecule has 2 aliphatic rings. The molecule has 29 heavy (non-hydrogen) atoms. The molecule has 3 heterocycles. The number of carbonyl (C=O) groups is 1. The summed E-state index contributed by atoms with van der Waals surface area (Å²) in [5.41, 5.74) is 6.25. The van der Waals surface area contributed by atoms with Crippen LogP contribution in [0.3, 0.4) is 0 Å². The van der Waals surface area contributed by atoms with Crippen LogP contribution in [0.25, 0.3) is 11.1 Å². The van der Waals surface area contributed by atoms with Crippen molar-refractivity contribution >= 4 is 28.8 Å². The van der Waals surface area contributed by atoms with Crippen LogP contribution in [0.5, 0.6) is 0 Å². The van der Waals surface area contributed by atoms with Crippen LogP contribution in [0, 0.1) is 6.92 Å². The van der Waals surface area contributed by atoms with Crippen LogP contribution in [0.1, 0.15) is 15.9 Å².